The summed E-state index contributed by atoms with van der Waals surface area (Å²) in [6.45, 7) is 7.91. The highest BCUT2D eigenvalue weighted by molar-refractivity contribution is 6.15. The highest BCUT2D eigenvalue weighted by atomic mass is 16.7. The maximum atomic E-state index is 12.4. The number of imidazole rings is 1. The van der Waals surface area contributed by atoms with Crippen LogP contribution in [0.15, 0.2) is 34.8 Å². The van der Waals surface area contributed by atoms with Gasteiger partial charge in [0.1, 0.15) is 0 Å². The quantitative estimate of drug-likeness (QED) is 0.510. The van der Waals surface area contributed by atoms with Crippen molar-refractivity contribution >= 4 is 28.7 Å². The number of aromatic nitrogens is 2. The summed E-state index contributed by atoms with van der Waals surface area (Å²) in [4.78, 5) is 36.3. The molecule has 26 heavy (non-hydrogen) atoms. The van der Waals surface area contributed by atoms with Gasteiger partial charge >= 0.3 is 17.6 Å². The first-order chi connectivity index (χ1) is 12.3. The lowest BCUT2D eigenvalue weighted by atomic mass is 10.2. The van der Waals surface area contributed by atoms with E-state index in [1.165, 1.54) is 20.0 Å². The fraction of sp³-hybridized carbons (Fsp3) is 0.389. The lowest BCUT2D eigenvalue weighted by Gasteiger charge is -2.29. The molecule has 0 saturated carbocycles. The first-order valence-electron chi connectivity index (χ1n) is 8.44. The van der Waals surface area contributed by atoms with Crippen LogP contribution in [0.25, 0.3) is 11.0 Å². The van der Waals surface area contributed by atoms with E-state index in [-0.39, 0.29) is 11.3 Å². The zero-order chi connectivity index (χ0) is 19.1. The number of rotatable bonds is 4. The van der Waals surface area contributed by atoms with Gasteiger partial charge in [0, 0.05) is 38.8 Å². The summed E-state index contributed by atoms with van der Waals surface area (Å²) in [5.74, 6) is -2.77. The molecule has 8 heteroatoms. The molecule has 0 unspecified atom stereocenters. The number of ether oxygens (including phenoxy) is 2. The van der Waals surface area contributed by atoms with Crippen LogP contribution in [-0.2, 0) is 32.2 Å². The van der Waals surface area contributed by atoms with Gasteiger partial charge in [-0.05, 0) is 32.0 Å². The molecule has 0 spiro atoms. The Bertz CT molecular complexity index is 959. The number of anilines is 1. The van der Waals surface area contributed by atoms with Crippen molar-refractivity contribution in [3.63, 3.8) is 0 Å². The monoisotopic (exact) mass is 359 g/mol. The molecule has 0 atom stereocenters. The summed E-state index contributed by atoms with van der Waals surface area (Å²) in [6, 6.07) is 5.40. The second kappa shape index (κ2) is 6.36. The molecule has 0 radical (unpaired) electrons. The molecule has 8 nitrogen and oxygen atoms in total. The fourth-order valence-electron chi connectivity index (χ4n) is 2.95. The maximum Gasteiger partial charge on any atom is 0.350 e. The van der Waals surface area contributed by atoms with Crippen LogP contribution in [0, 0.1) is 0 Å². The Kier molecular flexibility index (Phi) is 4.35. The summed E-state index contributed by atoms with van der Waals surface area (Å²) in [7, 11) is 0. The van der Waals surface area contributed by atoms with Gasteiger partial charge in [0.2, 0.25) is 0 Å². The van der Waals surface area contributed by atoms with Gasteiger partial charge in [-0.25, -0.2) is 14.4 Å². The molecule has 1 aromatic heterocycles. The van der Waals surface area contributed by atoms with Crippen molar-refractivity contribution in [2.24, 2.45) is 0 Å². The fourth-order valence-corrected chi connectivity index (χ4v) is 2.95. The molecular weight excluding hydrogens is 338 g/mol. The standard InChI is InChI=1S/C18H21N3O5/c1-5-20-13-8-7-11(9-14(13)21(6-2)17(20)24)19-10-12-15(22)25-18(3,4)26-16(12)23/h7-10,19H,5-6H2,1-4H3. The van der Waals surface area contributed by atoms with Crippen molar-refractivity contribution in [2.75, 3.05) is 5.32 Å². The smallest absolute Gasteiger partial charge is 0.350 e. The van der Waals surface area contributed by atoms with Crippen LogP contribution in [0.5, 0.6) is 0 Å². The van der Waals surface area contributed by atoms with Gasteiger partial charge < -0.3 is 14.8 Å². The molecule has 0 bridgehead atoms. The summed E-state index contributed by atoms with van der Waals surface area (Å²) in [5, 5.41) is 2.90. The number of nitrogens with one attached hydrogen (secondary N) is 1. The first-order valence-corrected chi connectivity index (χ1v) is 8.44. The van der Waals surface area contributed by atoms with Crippen molar-refractivity contribution in [1.29, 1.82) is 0 Å². The number of hydrogen-bond donors (Lipinski definition) is 1. The second-order valence-electron chi connectivity index (χ2n) is 6.36. The molecule has 0 aliphatic carbocycles. The van der Waals surface area contributed by atoms with Gasteiger partial charge in [-0.1, -0.05) is 0 Å². The van der Waals surface area contributed by atoms with Gasteiger partial charge in [0.05, 0.1) is 11.0 Å². The van der Waals surface area contributed by atoms with Crippen molar-refractivity contribution in [3.8, 4) is 0 Å². The van der Waals surface area contributed by atoms with E-state index in [0.717, 1.165) is 11.0 Å². The van der Waals surface area contributed by atoms with Crippen molar-refractivity contribution < 1.29 is 19.1 Å². The number of aryl methyl sites for hydroxylation is 2. The molecule has 2 aromatic rings. The van der Waals surface area contributed by atoms with E-state index in [9.17, 15) is 14.4 Å². The Morgan fingerprint density at radius 1 is 1.00 bits per heavy atom. The van der Waals surface area contributed by atoms with Gasteiger partial charge in [-0.3, -0.25) is 9.13 Å². The number of fused-ring (bicyclic) bond motifs is 1. The third-order valence-corrected chi connectivity index (χ3v) is 4.15. The zero-order valence-electron chi connectivity index (χ0n) is 15.2. The number of esters is 2. The topological polar surface area (TPSA) is 91.6 Å². The first kappa shape index (κ1) is 17.8. The average Bonchev–Trinajstić information content (AvgIpc) is 2.82. The molecule has 1 aliphatic heterocycles. The Morgan fingerprint density at radius 3 is 2.15 bits per heavy atom. The van der Waals surface area contributed by atoms with E-state index in [1.54, 1.807) is 21.3 Å². The lowest BCUT2D eigenvalue weighted by molar-refractivity contribution is -0.222. The Hall–Kier alpha value is -3.03. The minimum atomic E-state index is -1.27. The molecule has 1 aliphatic rings. The largest absolute Gasteiger partial charge is 0.419 e. The highest BCUT2D eigenvalue weighted by Crippen LogP contribution is 2.23. The molecule has 2 heterocycles. The third kappa shape index (κ3) is 2.98. The molecule has 1 fully saturated rings. The summed E-state index contributed by atoms with van der Waals surface area (Å²) in [5.41, 5.74) is 1.95. The number of cyclic esters (lactones) is 2. The minimum Gasteiger partial charge on any atom is -0.419 e. The molecular formula is C18H21N3O5. The molecule has 1 aromatic carbocycles. The van der Waals surface area contributed by atoms with E-state index in [1.807, 2.05) is 19.9 Å². The molecule has 1 saturated heterocycles. The van der Waals surface area contributed by atoms with Crippen molar-refractivity contribution in [3.05, 3.63) is 40.5 Å². The molecule has 3 rings (SSSR count). The van der Waals surface area contributed by atoms with Gasteiger partial charge in [0.15, 0.2) is 5.57 Å². The lowest BCUT2D eigenvalue weighted by Crippen LogP contribution is -2.42. The SMILES string of the molecule is CCn1c(=O)n(CC)c2cc(NC=C3C(=O)OC(C)(C)OC3=O)ccc21. The van der Waals surface area contributed by atoms with E-state index in [2.05, 4.69) is 5.32 Å². The van der Waals surface area contributed by atoms with Crippen LogP contribution in [0.2, 0.25) is 0 Å². The van der Waals surface area contributed by atoms with Crippen LogP contribution < -0.4 is 11.0 Å². The number of hydrogen-bond acceptors (Lipinski definition) is 6. The van der Waals surface area contributed by atoms with Crippen LogP contribution in [0.3, 0.4) is 0 Å². The predicted octanol–water partition coefficient (Wildman–Crippen LogP) is 1.97. The summed E-state index contributed by atoms with van der Waals surface area (Å²) < 4.78 is 13.5. The minimum absolute atomic E-state index is 0.0674. The van der Waals surface area contributed by atoms with Gasteiger partial charge in [-0.15, -0.1) is 0 Å². The van der Waals surface area contributed by atoms with Crippen molar-refractivity contribution in [2.45, 2.75) is 46.6 Å². The van der Waals surface area contributed by atoms with Crippen LogP contribution >= 0.6 is 0 Å². The molecule has 0 amide bonds. The predicted molar refractivity (Wildman–Crippen MR) is 95.5 cm³/mol. The summed E-state index contributed by atoms with van der Waals surface area (Å²) >= 11 is 0. The maximum absolute atomic E-state index is 12.4. The van der Waals surface area contributed by atoms with Crippen LogP contribution in [-0.4, -0.2) is 26.9 Å². The number of benzene rings is 1. The Morgan fingerprint density at radius 2 is 1.58 bits per heavy atom. The van der Waals surface area contributed by atoms with E-state index in [0.29, 0.717) is 18.8 Å². The number of carbonyl (C=O) groups excluding carboxylic acids is 2. The van der Waals surface area contributed by atoms with Gasteiger partial charge in [0.25, 0.3) is 5.79 Å². The number of carbonyl (C=O) groups is 2. The van der Waals surface area contributed by atoms with Crippen LogP contribution in [0.1, 0.15) is 27.7 Å². The van der Waals surface area contributed by atoms with E-state index < -0.39 is 17.7 Å². The number of nitrogens with zero attached hydrogens (tertiary/aromatic N) is 2. The van der Waals surface area contributed by atoms with E-state index in [4.69, 9.17) is 9.47 Å². The summed E-state index contributed by atoms with van der Waals surface area (Å²) in [6.07, 6.45) is 1.26. The molecule has 1 N–H and O–H groups in total. The van der Waals surface area contributed by atoms with E-state index >= 15 is 0 Å². The Labute approximate surface area is 150 Å². The average molecular weight is 359 g/mol. The second-order valence-corrected chi connectivity index (χ2v) is 6.36. The van der Waals surface area contributed by atoms with Crippen LogP contribution in [0.4, 0.5) is 5.69 Å². The highest BCUT2D eigenvalue weighted by Gasteiger charge is 2.38. The molecule has 138 valence electrons. The third-order valence-electron chi connectivity index (χ3n) is 4.15. The normalized spacial score (nSPS) is 16.4. The Balaban J connectivity index is 1.94. The zero-order valence-corrected chi connectivity index (χ0v) is 15.2. The van der Waals surface area contributed by atoms with Gasteiger partial charge in [-0.2, -0.15) is 0 Å². The van der Waals surface area contributed by atoms with Crippen molar-refractivity contribution in [1.82, 2.24) is 9.13 Å².